The SMILES string of the molecule is N#Cc1ccc(OC[C@H](O)C[NH+]2CCN(c3ccccc3F)CC2)cc1. The Morgan fingerprint density at radius 3 is 2.50 bits per heavy atom. The van der Waals surface area contributed by atoms with Gasteiger partial charge in [0, 0.05) is 0 Å². The van der Waals surface area contributed by atoms with Crippen LogP contribution in [0.15, 0.2) is 48.5 Å². The second-order valence-electron chi connectivity index (χ2n) is 6.49. The van der Waals surface area contributed by atoms with E-state index in [1.807, 2.05) is 6.07 Å². The Labute approximate surface area is 152 Å². The smallest absolute Gasteiger partial charge is 0.146 e. The van der Waals surface area contributed by atoms with Crippen LogP contribution in [-0.4, -0.2) is 50.5 Å². The molecule has 1 atom stereocenters. The molecular formula is C20H23FN3O2+. The zero-order valence-corrected chi connectivity index (χ0v) is 14.6. The van der Waals surface area contributed by atoms with E-state index in [1.165, 1.54) is 11.0 Å². The van der Waals surface area contributed by atoms with Gasteiger partial charge in [0.05, 0.1) is 43.5 Å². The first-order valence-corrected chi connectivity index (χ1v) is 8.80. The molecule has 1 aliphatic rings. The summed E-state index contributed by atoms with van der Waals surface area (Å²) in [6.45, 7) is 4.04. The molecule has 0 unspecified atom stereocenters. The molecule has 2 aromatic rings. The van der Waals surface area contributed by atoms with E-state index in [2.05, 4.69) is 11.0 Å². The molecule has 0 amide bonds. The van der Waals surface area contributed by atoms with Crippen LogP contribution >= 0.6 is 0 Å². The first-order valence-electron chi connectivity index (χ1n) is 8.80. The van der Waals surface area contributed by atoms with E-state index < -0.39 is 6.10 Å². The summed E-state index contributed by atoms with van der Waals surface area (Å²) in [5, 5.41) is 19.0. The first-order chi connectivity index (χ1) is 12.7. The third-order valence-corrected chi connectivity index (χ3v) is 4.61. The Hall–Kier alpha value is -2.62. The number of nitriles is 1. The van der Waals surface area contributed by atoms with Gasteiger partial charge >= 0.3 is 0 Å². The average molecular weight is 356 g/mol. The van der Waals surface area contributed by atoms with Crippen LogP contribution in [0, 0.1) is 17.1 Å². The van der Waals surface area contributed by atoms with E-state index in [0.717, 1.165) is 26.2 Å². The molecule has 1 aliphatic heterocycles. The molecule has 26 heavy (non-hydrogen) atoms. The third-order valence-electron chi connectivity index (χ3n) is 4.61. The topological polar surface area (TPSA) is 60.9 Å². The summed E-state index contributed by atoms with van der Waals surface area (Å²) < 4.78 is 19.5. The van der Waals surface area contributed by atoms with E-state index in [0.29, 0.717) is 23.5 Å². The second kappa shape index (κ2) is 8.65. The Balaban J connectivity index is 1.42. The van der Waals surface area contributed by atoms with Gasteiger partial charge in [-0.15, -0.1) is 0 Å². The van der Waals surface area contributed by atoms with Gasteiger partial charge in [0.1, 0.15) is 30.8 Å². The van der Waals surface area contributed by atoms with Gasteiger partial charge in [0.25, 0.3) is 0 Å². The van der Waals surface area contributed by atoms with E-state index in [4.69, 9.17) is 10.00 Å². The number of anilines is 1. The lowest BCUT2D eigenvalue weighted by Crippen LogP contribution is -3.16. The summed E-state index contributed by atoms with van der Waals surface area (Å²) in [6.07, 6.45) is -0.569. The summed E-state index contributed by atoms with van der Waals surface area (Å²) >= 11 is 0. The van der Waals surface area contributed by atoms with Gasteiger partial charge in [-0.25, -0.2) is 4.39 Å². The zero-order chi connectivity index (χ0) is 18.4. The number of aliphatic hydroxyl groups is 1. The highest BCUT2D eigenvalue weighted by atomic mass is 19.1. The number of aliphatic hydroxyl groups excluding tert-OH is 1. The second-order valence-corrected chi connectivity index (χ2v) is 6.49. The molecule has 0 radical (unpaired) electrons. The van der Waals surface area contributed by atoms with Crippen molar-refractivity contribution >= 4 is 5.69 Å². The molecule has 1 saturated heterocycles. The number of hydrogen-bond donors (Lipinski definition) is 2. The Morgan fingerprint density at radius 1 is 1.15 bits per heavy atom. The highest BCUT2D eigenvalue weighted by molar-refractivity contribution is 5.47. The van der Waals surface area contributed by atoms with E-state index in [1.54, 1.807) is 36.4 Å². The van der Waals surface area contributed by atoms with Gasteiger partial charge in [-0.3, -0.25) is 0 Å². The molecule has 2 N–H and O–H groups in total. The molecule has 0 aliphatic carbocycles. The van der Waals surface area contributed by atoms with Crippen molar-refractivity contribution in [1.29, 1.82) is 5.26 Å². The molecule has 6 heteroatoms. The fourth-order valence-electron chi connectivity index (χ4n) is 3.19. The monoisotopic (exact) mass is 356 g/mol. The van der Waals surface area contributed by atoms with E-state index in [-0.39, 0.29) is 12.4 Å². The lowest BCUT2D eigenvalue weighted by atomic mass is 10.2. The van der Waals surface area contributed by atoms with Gasteiger partial charge < -0.3 is 19.6 Å². The summed E-state index contributed by atoms with van der Waals surface area (Å²) in [7, 11) is 0. The molecule has 0 spiro atoms. The van der Waals surface area contributed by atoms with Crippen LogP contribution < -0.4 is 14.5 Å². The van der Waals surface area contributed by atoms with Crippen LogP contribution in [-0.2, 0) is 0 Å². The van der Waals surface area contributed by atoms with Gasteiger partial charge in [-0.2, -0.15) is 5.26 Å². The fourth-order valence-corrected chi connectivity index (χ4v) is 3.19. The average Bonchev–Trinajstić information content (AvgIpc) is 2.68. The minimum atomic E-state index is -0.569. The summed E-state index contributed by atoms with van der Waals surface area (Å²) in [5.74, 6) is 0.453. The van der Waals surface area contributed by atoms with Crippen molar-refractivity contribution in [3.8, 4) is 11.8 Å². The number of nitrogens with zero attached hydrogens (tertiary/aromatic N) is 2. The van der Waals surface area contributed by atoms with Crippen molar-refractivity contribution in [3.05, 3.63) is 59.9 Å². The number of halogens is 1. The molecular weight excluding hydrogens is 333 g/mol. The van der Waals surface area contributed by atoms with Gasteiger partial charge in [-0.1, -0.05) is 12.1 Å². The number of rotatable bonds is 6. The van der Waals surface area contributed by atoms with Crippen molar-refractivity contribution < 1.29 is 19.1 Å². The molecule has 0 saturated carbocycles. The number of piperazine rings is 1. The predicted octanol–water partition coefficient (Wildman–Crippen LogP) is 0.842. The number of nitrogens with one attached hydrogen (secondary N) is 1. The molecule has 1 heterocycles. The number of hydrogen-bond acceptors (Lipinski definition) is 4. The standard InChI is InChI=1S/C20H22FN3O2/c21-19-3-1-2-4-20(19)24-11-9-23(10-12-24)14-17(25)15-26-18-7-5-16(13-22)6-8-18/h1-8,17,25H,9-12,14-15H2/p+1/t17-/m1/s1. The minimum Gasteiger partial charge on any atom is -0.491 e. The van der Waals surface area contributed by atoms with Crippen molar-refractivity contribution in [2.45, 2.75) is 6.10 Å². The number of ether oxygens (including phenoxy) is 1. The van der Waals surface area contributed by atoms with Crippen LogP contribution in [0.3, 0.4) is 0 Å². The summed E-state index contributed by atoms with van der Waals surface area (Å²) in [6, 6.07) is 15.7. The molecule has 2 aromatic carbocycles. The summed E-state index contributed by atoms with van der Waals surface area (Å²) in [4.78, 5) is 3.34. The number of para-hydroxylation sites is 1. The Morgan fingerprint density at radius 2 is 1.85 bits per heavy atom. The quantitative estimate of drug-likeness (QED) is 0.805. The Bertz CT molecular complexity index is 752. The third kappa shape index (κ3) is 4.72. The van der Waals surface area contributed by atoms with Crippen molar-refractivity contribution in [1.82, 2.24) is 0 Å². The van der Waals surface area contributed by atoms with Crippen LogP contribution in [0.1, 0.15) is 5.56 Å². The predicted molar refractivity (Wildman–Crippen MR) is 96.8 cm³/mol. The van der Waals surface area contributed by atoms with Crippen molar-refractivity contribution in [2.24, 2.45) is 0 Å². The van der Waals surface area contributed by atoms with Crippen LogP contribution in [0.5, 0.6) is 5.75 Å². The van der Waals surface area contributed by atoms with E-state index >= 15 is 0 Å². The van der Waals surface area contributed by atoms with Gasteiger partial charge in [-0.05, 0) is 36.4 Å². The molecule has 0 aromatic heterocycles. The fraction of sp³-hybridized carbons (Fsp3) is 0.350. The van der Waals surface area contributed by atoms with E-state index in [9.17, 15) is 9.50 Å². The molecule has 3 rings (SSSR count). The van der Waals surface area contributed by atoms with Gasteiger partial charge in [0.2, 0.25) is 0 Å². The van der Waals surface area contributed by atoms with Crippen molar-refractivity contribution in [3.63, 3.8) is 0 Å². The molecule has 1 fully saturated rings. The first kappa shape index (κ1) is 18.2. The molecule has 0 bridgehead atoms. The van der Waals surface area contributed by atoms with Gasteiger partial charge in [0.15, 0.2) is 0 Å². The highest BCUT2D eigenvalue weighted by Gasteiger charge is 2.24. The zero-order valence-electron chi connectivity index (χ0n) is 14.6. The maximum absolute atomic E-state index is 13.9. The Kier molecular flexibility index (Phi) is 6.05. The number of benzene rings is 2. The minimum absolute atomic E-state index is 0.188. The van der Waals surface area contributed by atoms with Crippen LogP contribution in [0.4, 0.5) is 10.1 Å². The maximum Gasteiger partial charge on any atom is 0.146 e. The largest absolute Gasteiger partial charge is 0.491 e. The molecule has 136 valence electrons. The number of quaternary nitrogens is 1. The van der Waals surface area contributed by atoms with Crippen molar-refractivity contribution in [2.75, 3.05) is 44.2 Å². The lowest BCUT2D eigenvalue weighted by molar-refractivity contribution is -0.903. The summed E-state index contributed by atoms with van der Waals surface area (Å²) in [5.41, 5.74) is 1.23. The normalized spacial score (nSPS) is 16.1. The lowest BCUT2D eigenvalue weighted by Gasteiger charge is -2.34. The van der Waals surface area contributed by atoms with Crippen LogP contribution in [0.2, 0.25) is 0 Å². The van der Waals surface area contributed by atoms with Crippen LogP contribution in [0.25, 0.3) is 0 Å². The maximum atomic E-state index is 13.9. The highest BCUT2D eigenvalue weighted by Crippen LogP contribution is 2.18. The molecule has 5 nitrogen and oxygen atoms in total.